The molecule has 0 aliphatic rings. The van der Waals surface area contributed by atoms with Gasteiger partial charge in [0.1, 0.15) is 6.29 Å². The van der Waals surface area contributed by atoms with Crippen molar-refractivity contribution in [3.05, 3.63) is 0 Å². The van der Waals surface area contributed by atoms with Crippen molar-refractivity contribution in [2.45, 2.75) is 12.8 Å². The summed E-state index contributed by atoms with van der Waals surface area (Å²) in [5, 5.41) is 0. The lowest BCUT2D eigenvalue weighted by molar-refractivity contribution is -0.108. The van der Waals surface area contributed by atoms with E-state index < -0.39 is 0 Å². The van der Waals surface area contributed by atoms with Crippen molar-refractivity contribution in [1.29, 1.82) is 0 Å². The summed E-state index contributed by atoms with van der Waals surface area (Å²) in [6.07, 6.45) is 6.86. The standard InChI is InChI=1S/C7H10O2/c1-2-3-6-9-7-4-5-8/h1,5H,3-4,6-7H2. The molecule has 2 heteroatoms. The maximum atomic E-state index is 9.72. The molecule has 2 nitrogen and oxygen atoms in total. The molecule has 0 atom stereocenters. The number of carbonyl (C=O) groups excluding carboxylic acids is 1. The summed E-state index contributed by atoms with van der Waals surface area (Å²) in [6.45, 7) is 1.05. The molecule has 0 aromatic heterocycles. The highest BCUT2D eigenvalue weighted by Crippen LogP contribution is 1.81. The van der Waals surface area contributed by atoms with E-state index in [0.717, 1.165) is 6.29 Å². The van der Waals surface area contributed by atoms with Gasteiger partial charge in [0.25, 0.3) is 0 Å². The summed E-state index contributed by atoms with van der Waals surface area (Å²) < 4.78 is 4.94. The van der Waals surface area contributed by atoms with Crippen molar-refractivity contribution in [3.63, 3.8) is 0 Å². The minimum atomic E-state index is 0.463. The Morgan fingerprint density at radius 3 is 2.89 bits per heavy atom. The first-order chi connectivity index (χ1) is 4.41. The fourth-order valence-corrected chi connectivity index (χ4v) is 0.365. The van der Waals surface area contributed by atoms with E-state index >= 15 is 0 Å². The van der Waals surface area contributed by atoms with Gasteiger partial charge in [-0.3, -0.25) is 0 Å². The third-order valence-electron chi connectivity index (χ3n) is 0.771. The van der Waals surface area contributed by atoms with Gasteiger partial charge in [0, 0.05) is 12.8 Å². The van der Waals surface area contributed by atoms with Crippen molar-refractivity contribution in [3.8, 4) is 12.3 Å². The molecule has 0 N–H and O–H groups in total. The molecule has 0 saturated heterocycles. The zero-order chi connectivity index (χ0) is 6.95. The third kappa shape index (κ3) is 7.19. The Bertz CT molecular complexity index is 102. The molecular weight excluding hydrogens is 116 g/mol. The lowest BCUT2D eigenvalue weighted by Gasteiger charge is -1.94. The minimum Gasteiger partial charge on any atom is -0.380 e. The SMILES string of the molecule is C#CCCOCCC=O. The molecule has 0 heterocycles. The summed E-state index contributed by atoms with van der Waals surface area (Å²) in [6, 6.07) is 0. The Labute approximate surface area is 55.2 Å². The van der Waals surface area contributed by atoms with Gasteiger partial charge in [-0.2, -0.15) is 0 Å². The second-order valence-electron chi connectivity index (χ2n) is 1.52. The average molecular weight is 126 g/mol. The topological polar surface area (TPSA) is 26.3 Å². The van der Waals surface area contributed by atoms with Gasteiger partial charge < -0.3 is 9.53 Å². The number of hydrogen-bond donors (Lipinski definition) is 0. The first kappa shape index (κ1) is 8.19. The monoisotopic (exact) mass is 126 g/mol. The number of ether oxygens (including phenoxy) is 1. The van der Waals surface area contributed by atoms with Crippen molar-refractivity contribution in [2.75, 3.05) is 13.2 Å². The van der Waals surface area contributed by atoms with Gasteiger partial charge in [0.15, 0.2) is 0 Å². The maximum absolute atomic E-state index is 9.72. The summed E-state index contributed by atoms with van der Waals surface area (Å²) >= 11 is 0. The molecule has 0 spiro atoms. The van der Waals surface area contributed by atoms with Crippen LogP contribution < -0.4 is 0 Å². The van der Waals surface area contributed by atoms with E-state index in [1.165, 1.54) is 0 Å². The van der Waals surface area contributed by atoms with Gasteiger partial charge in [-0.1, -0.05) is 0 Å². The van der Waals surface area contributed by atoms with Gasteiger partial charge in [0.05, 0.1) is 13.2 Å². The second-order valence-corrected chi connectivity index (χ2v) is 1.52. The van der Waals surface area contributed by atoms with Gasteiger partial charge in [-0.25, -0.2) is 0 Å². The quantitative estimate of drug-likeness (QED) is 0.306. The fourth-order valence-electron chi connectivity index (χ4n) is 0.365. The molecule has 9 heavy (non-hydrogen) atoms. The molecule has 50 valence electrons. The number of terminal acetylenes is 1. The molecule has 0 aliphatic carbocycles. The van der Waals surface area contributed by atoms with Crippen LogP contribution in [0.1, 0.15) is 12.8 Å². The van der Waals surface area contributed by atoms with E-state index in [0.29, 0.717) is 26.1 Å². The first-order valence-electron chi connectivity index (χ1n) is 2.86. The number of aldehydes is 1. The first-order valence-corrected chi connectivity index (χ1v) is 2.86. The highest BCUT2D eigenvalue weighted by Gasteiger charge is 1.83. The summed E-state index contributed by atoms with van der Waals surface area (Å²) in [5.41, 5.74) is 0. The van der Waals surface area contributed by atoms with Crippen molar-refractivity contribution in [1.82, 2.24) is 0 Å². The molecule has 0 radical (unpaired) electrons. The van der Waals surface area contributed by atoms with Gasteiger partial charge >= 0.3 is 0 Å². The molecule has 0 aromatic rings. The molecule has 0 unspecified atom stereocenters. The molecule has 0 bridgehead atoms. The van der Waals surface area contributed by atoms with Crippen LogP contribution in [0, 0.1) is 12.3 Å². The van der Waals surface area contributed by atoms with Crippen LogP contribution in [0.15, 0.2) is 0 Å². The van der Waals surface area contributed by atoms with E-state index in [-0.39, 0.29) is 0 Å². The molecule has 0 aliphatic heterocycles. The lowest BCUT2D eigenvalue weighted by Crippen LogP contribution is -1.95. The molecule has 0 aromatic carbocycles. The Hall–Kier alpha value is -0.810. The summed E-state index contributed by atoms with van der Waals surface area (Å²) in [4.78, 5) is 9.72. The summed E-state index contributed by atoms with van der Waals surface area (Å²) in [7, 11) is 0. The van der Waals surface area contributed by atoms with Crippen LogP contribution >= 0.6 is 0 Å². The van der Waals surface area contributed by atoms with E-state index in [1.807, 2.05) is 0 Å². The second kappa shape index (κ2) is 7.19. The van der Waals surface area contributed by atoms with E-state index in [4.69, 9.17) is 11.2 Å². The normalized spacial score (nSPS) is 8.33. The van der Waals surface area contributed by atoms with Crippen molar-refractivity contribution in [2.24, 2.45) is 0 Å². The molecule has 0 saturated carbocycles. The average Bonchev–Trinajstić information content (AvgIpc) is 1.89. The number of hydrogen-bond acceptors (Lipinski definition) is 2. The molecule has 0 rings (SSSR count). The van der Waals surface area contributed by atoms with Gasteiger partial charge in [0.2, 0.25) is 0 Å². The van der Waals surface area contributed by atoms with Crippen LogP contribution in [0.5, 0.6) is 0 Å². The summed E-state index contributed by atoms with van der Waals surface area (Å²) in [5.74, 6) is 2.43. The molecular formula is C7H10O2. The maximum Gasteiger partial charge on any atom is 0.122 e. The lowest BCUT2D eigenvalue weighted by atomic mass is 10.5. The van der Waals surface area contributed by atoms with Crippen LogP contribution in [0.25, 0.3) is 0 Å². The van der Waals surface area contributed by atoms with Gasteiger partial charge in [-0.05, 0) is 0 Å². The Kier molecular flexibility index (Phi) is 6.54. The predicted octanol–water partition coefficient (Wildman–Crippen LogP) is 0.615. The Morgan fingerprint density at radius 2 is 2.33 bits per heavy atom. The predicted molar refractivity (Wildman–Crippen MR) is 34.9 cm³/mol. The third-order valence-corrected chi connectivity index (χ3v) is 0.771. The van der Waals surface area contributed by atoms with Crippen LogP contribution in [0.4, 0.5) is 0 Å². The Morgan fingerprint density at radius 1 is 1.56 bits per heavy atom. The van der Waals surface area contributed by atoms with E-state index in [2.05, 4.69) is 5.92 Å². The number of rotatable bonds is 5. The van der Waals surface area contributed by atoms with Crippen LogP contribution in [-0.4, -0.2) is 19.5 Å². The van der Waals surface area contributed by atoms with Crippen molar-refractivity contribution >= 4 is 6.29 Å². The largest absolute Gasteiger partial charge is 0.380 e. The van der Waals surface area contributed by atoms with Crippen molar-refractivity contribution < 1.29 is 9.53 Å². The fraction of sp³-hybridized carbons (Fsp3) is 0.571. The zero-order valence-corrected chi connectivity index (χ0v) is 5.30. The van der Waals surface area contributed by atoms with Crippen LogP contribution in [-0.2, 0) is 9.53 Å². The highest BCUT2D eigenvalue weighted by molar-refractivity contribution is 5.49. The van der Waals surface area contributed by atoms with E-state index in [9.17, 15) is 4.79 Å². The van der Waals surface area contributed by atoms with Gasteiger partial charge in [-0.15, -0.1) is 12.3 Å². The zero-order valence-electron chi connectivity index (χ0n) is 5.30. The smallest absolute Gasteiger partial charge is 0.122 e. The van der Waals surface area contributed by atoms with Crippen LogP contribution in [0.2, 0.25) is 0 Å². The Balaban J connectivity index is 2.76. The molecule has 0 amide bonds. The minimum absolute atomic E-state index is 0.463. The highest BCUT2D eigenvalue weighted by atomic mass is 16.5. The van der Waals surface area contributed by atoms with E-state index in [1.54, 1.807) is 0 Å². The number of carbonyl (C=O) groups is 1. The van der Waals surface area contributed by atoms with Crippen LogP contribution in [0.3, 0.4) is 0 Å². The molecule has 0 fully saturated rings.